The highest BCUT2D eigenvalue weighted by Gasteiger charge is 2.05. The van der Waals surface area contributed by atoms with Crippen molar-refractivity contribution in [2.75, 3.05) is 6.54 Å². The molecule has 1 heterocycles. The Morgan fingerprint density at radius 2 is 2.06 bits per heavy atom. The second kappa shape index (κ2) is 6.53. The third-order valence-corrected chi connectivity index (χ3v) is 3.07. The molecule has 0 aliphatic rings. The first kappa shape index (κ1) is 13.1. The number of benzene rings is 1. The quantitative estimate of drug-likeness (QED) is 0.891. The zero-order chi connectivity index (χ0) is 12.8. The smallest absolute Gasteiger partial charge is 0.0447 e. The van der Waals surface area contributed by atoms with Crippen LogP contribution in [0.2, 0.25) is 5.02 Å². The number of halogens is 1. The van der Waals surface area contributed by atoms with E-state index in [2.05, 4.69) is 23.3 Å². The van der Waals surface area contributed by atoms with Crippen LogP contribution in [0.4, 0.5) is 0 Å². The van der Waals surface area contributed by atoms with E-state index in [1.54, 1.807) is 0 Å². The van der Waals surface area contributed by atoms with Gasteiger partial charge in [0.25, 0.3) is 0 Å². The molecule has 3 heteroatoms. The van der Waals surface area contributed by atoms with Crippen LogP contribution in [0.1, 0.15) is 23.7 Å². The first-order valence-electron chi connectivity index (χ1n) is 6.17. The monoisotopic (exact) mass is 260 g/mol. The highest BCUT2D eigenvalue weighted by molar-refractivity contribution is 6.30. The van der Waals surface area contributed by atoms with E-state index in [0.29, 0.717) is 0 Å². The number of rotatable bonds is 5. The summed E-state index contributed by atoms with van der Waals surface area (Å²) in [5.74, 6) is 0. The van der Waals surface area contributed by atoms with Crippen LogP contribution in [0.3, 0.4) is 0 Å². The van der Waals surface area contributed by atoms with Crippen molar-refractivity contribution in [1.29, 1.82) is 0 Å². The van der Waals surface area contributed by atoms with Crippen LogP contribution < -0.4 is 5.32 Å². The molecule has 2 rings (SSSR count). The average molecular weight is 261 g/mol. The Morgan fingerprint density at radius 3 is 2.78 bits per heavy atom. The van der Waals surface area contributed by atoms with E-state index in [1.807, 2.05) is 36.5 Å². The lowest BCUT2D eigenvalue weighted by Crippen LogP contribution is -2.13. The first-order valence-corrected chi connectivity index (χ1v) is 6.55. The lowest BCUT2D eigenvalue weighted by Gasteiger charge is -2.10. The minimum absolute atomic E-state index is 0.779. The van der Waals surface area contributed by atoms with Gasteiger partial charge in [-0.3, -0.25) is 4.98 Å². The molecule has 0 fully saturated rings. The molecule has 0 unspecified atom stereocenters. The molecule has 2 nitrogen and oxygen atoms in total. The van der Waals surface area contributed by atoms with Crippen LogP contribution in [0.5, 0.6) is 0 Å². The van der Waals surface area contributed by atoms with Crippen LogP contribution in [0.25, 0.3) is 0 Å². The Labute approximate surface area is 113 Å². The van der Waals surface area contributed by atoms with Crippen molar-refractivity contribution in [1.82, 2.24) is 10.3 Å². The van der Waals surface area contributed by atoms with Gasteiger partial charge in [0, 0.05) is 29.9 Å². The Hall–Kier alpha value is -1.38. The van der Waals surface area contributed by atoms with E-state index in [1.165, 1.54) is 11.1 Å². The maximum absolute atomic E-state index is 6.08. The van der Waals surface area contributed by atoms with Gasteiger partial charge in [0.05, 0.1) is 0 Å². The van der Waals surface area contributed by atoms with Crippen molar-refractivity contribution in [2.45, 2.75) is 19.9 Å². The molecule has 0 radical (unpaired) electrons. The number of nitrogens with one attached hydrogen (secondary N) is 1. The lowest BCUT2D eigenvalue weighted by molar-refractivity contribution is 0.721. The molecule has 0 amide bonds. The van der Waals surface area contributed by atoms with E-state index in [-0.39, 0.29) is 0 Å². The largest absolute Gasteiger partial charge is 0.313 e. The summed E-state index contributed by atoms with van der Waals surface area (Å²) >= 11 is 6.08. The molecule has 0 saturated heterocycles. The van der Waals surface area contributed by atoms with Crippen molar-refractivity contribution >= 4 is 11.6 Å². The van der Waals surface area contributed by atoms with Crippen molar-refractivity contribution in [3.05, 3.63) is 64.4 Å². The molecule has 0 spiro atoms. The number of hydrogen-bond acceptors (Lipinski definition) is 2. The standard InChI is InChI=1S/C15H17ClN2/c1-2-17-11-12-6-7-14(16)9-13(12)10-15-5-3-4-8-18-15/h3-9,17H,2,10-11H2,1H3. The Balaban J connectivity index is 2.22. The van der Waals surface area contributed by atoms with Crippen molar-refractivity contribution in [3.63, 3.8) is 0 Å². The van der Waals surface area contributed by atoms with Crippen LogP contribution in [0, 0.1) is 0 Å². The zero-order valence-electron chi connectivity index (χ0n) is 10.5. The van der Waals surface area contributed by atoms with Crippen LogP contribution >= 0.6 is 11.6 Å². The van der Waals surface area contributed by atoms with Crippen molar-refractivity contribution in [3.8, 4) is 0 Å². The highest BCUT2D eigenvalue weighted by atomic mass is 35.5. The molecule has 0 atom stereocenters. The minimum Gasteiger partial charge on any atom is -0.313 e. The van der Waals surface area contributed by atoms with Gasteiger partial charge in [0.1, 0.15) is 0 Å². The van der Waals surface area contributed by atoms with E-state index in [0.717, 1.165) is 30.2 Å². The predicted molar refractivity (Wildman–Crippen MR) is 75.9 cm³/mol. The summed E-state index contributed by atoms with van der Waals surface area (Å²) in [5, 5.41) is 4.13. The number of aromatic nitrogens is 1. The first-order chi connectivity index (χ1) is 8.79. The molecule has 0 bridgehead atoms. The zero-order valence-corrected chi connectivity index (χ0v) is 11.2. The summed E-state index contributed by atoms with van der Waals surface area (Å²) in [7, 11) is 0. The molecule has 1 aromatic carbocycles. The summed E-state index contributed by atoms with van der Waals surface area (Å²) in [5.41, 5.74) is 3.59. The molecular formula is C15H17ClN2. The maximum Gasteiger partial charge on any atom is 0.0447 e. The summed E-state index contributed by atoms with van der Waals surface area (Å²) in [4.78, 5) is 4.36. The topological polar surface area (TPSA) is 24.9 Å². The Kier molecular flexibility index (Phi) is 4.73. The van der Waals surface area contributed by atoms with E-state index >= 15 is 0 Å². The van der Waals surface area contributed by atoms with Crippen molar-refractivity contribution < 1.29 is 0 Å². The van der Waals surface area contributed by atoms with E-state index in [4.69, 9.17) is 11.6 Å². The summed E-state index contributed by atoms with van der Waals surface area (Å²) < 4.78 is 0. The average Bonchev–Trinajstić information content (AvgIpc) is 2.39. The van der Waals surface area contributed by atoms with Crippen molar-refractivity contribution in [2.24, 2.45) is 0 Å². The Bertz CT molecular complexity index is 497. The van der Waals surface area contributed by atoms with E-state index in [9.17, 15) is 0 Å². The summed E-state index contributed by atoms with van der Waals surface area (Å²) in [6, 6.07) is 12.0. The SMILES string of the molecule is CCNCc1ccc(Cl)cc1Cc1ccccn1. The fraction of sp³-hybridized carbons (Fsp3) is 0.267. The second-order valence-electron chi connectivity index (χ2n) is 4.19. The molecule has 0 aliphatic heterocycles. The van der Waals surface area contributed by atoms with Gasteiger partial charge >= 0.3 is 0 Å². The molecule has 94 valence electrons. The molecule has 0 saturated carbocycles. The minimum atomic E-state index is 0.779. The fourth-order valence-electron chi connectivity index (χ4n) is 1.89. The number of pyridine rings is 1. The van der Waals surface area contributed by atoms with Gasteiger partial charge in [-0.1, -0.05) is 30.7 Å². The molecule has 2 aromatic rings. The number of nitrogens with zero attached hydrogens (tertiary/aromatic N) is 1. The van der Waals surface area contributed by atoms with Gasteiger partial charge in [-0.25, -0.2) is 0 Å². The van der Waals surface area contributed by atoms with Gasteiger partial charge in [0.15, 0.2) is 0 Å². The summed E-state index contributed by atoms with van der Waals surface area (Å²) in [6.45, 7) is 3.94. The molecule has 0 aliphatic carbocycles. The van der Waals surface area contributed by atoms with Gasteiger partial charge in [-0.05, 0) is 41.9 Å². The normalized spacial score (nSPS) is 10.6. The molecule has 18 heavy (non-hydrogen) atoms. The fourth-order valence-corrected chi connectivity index (χ4v) is 2.08. The highest BCUT2D eigenvalue weighted by Crippen LogP contribution is 2.18. The van der Waals surface area contributed by atoms with Crippen LogP contribution in [0.15, 0.2) is 42.6 Å². The second-order valence-corrected chi connectivity index (χ2v) is 4.63. The third-order valence-electron chi connectivity index (χ3n) is 2.83. The lowest BCUT2D eigenvalue weighted by atomic mass is 10.0. The van der Waals surface area contributed by atoms with Gasteiger partial charge in [-0.2, -0.15) is 0 Å². The van der Waals surface area contributed by atoms with Gasteiger partial charge in [-0.15, -0.1) is 0 Å². The number of hydrogen-bond donors (Lipinski definition) is 1. The molecule has 1 aromatic heterocycles. The van der Waals surface area contributed by atoms with E-state index < -0.39 is 0 Å². The van der Waals surface area contributed by atoms with Gasteiger partial charge in [0.2, 0.25) is 0 Å². The third kappa shape index (κ3) is 3.56. The summed E-state index contributed by atoms with van der Waals surface area (Å²) in [6.07, 6.45) is 2.64. The predicted octanol–water partition coefficient (Wildman–Crippen LogP) is 3.44. The molecular weight excluding hydrogens is 244 g/mol. The van der Waals surface area contributed by atoms with Crippen LogP contribution in [-0.4, -0.2) is 11.5 Å². The molecule has 1 N–H and O–H groups in total. The maximum atomic E-state index is 6.08. The van der Waals surface area contributed by atoms with Crippen LogP contribution in [-0.2, 0) is 13.0 Å². The van der Waals surface area contributed by atoms with Gasteiger partial charge < -0.3 is 5.32 Å². The Morgan fingerprint density at radius 1 is 1.17 bits per heavy atom.